The molecule has 2 aromatic rings. The second kappa shape index (κ2) is 12.5. The lowest BCUT2D eigenvalue weighted by atomic mass is 10.1. The van der Waals surface area contributed by atoms with Crippen molar-refractivity contribution in [3.8, 4) is 5.75 Å². The van der Waals surface area contributed by atoms with Crippen LogP contribution in [0.4, 0.5) is 0 Å². The number of methoxy groups -OCH3 is 2. The van der Waals surface area contributed by atoms with Gasteiger partial charge in [0.2, 0.25) is 0 Å². The number of ether oxygens (including phenoxy) is 2. The summed E-state index contributed by atoms with van der Waals surface area (Å²) in [6.45, 7) is 4.79. The highest BCUT2D eigenvalue weighted by Crippen LogP contribution is 2.12. The summed E-state index contributed by atoms with van der Waals surface area (Å²) in [5, 5.41) is 6.63. The molecule has 0 unspecified atom stereocenters. The molecule has 0 aliphatic heterocycles. The lowest BCUT2D eigenvalue weighted by Gasteiger charge is -2.12. The van der Waals surface area contributed by atoms with E-state index in [1.54, 1.807) is 14.2 Å². The van der Waals surface area contributed by atoms with E-state index in [1.165, 1.54) is 0 Å². The normalized spacial score (nSPS) is 10.8. The van der Waals surface area contributed by atoms with E-state index in [1.807, 2.05) is 24.3 Å². The number of hydrogen-bond donors (Lipinski definition) is 2. The van der Waals surface area contributed by atoms with E-state index in [0.29, 0.717) is 19.7 Å². The van der Waals surface area contributed by atoms with Gasteiger partial charge in [0.1, 0.15) is 5.75 Å². The van der Waals surface area contributed by atoms with Crippen molar-refractivity contribution in [1.82, 2.24) is 10.6 Å². The number of benzene rings is 2. The van der Waals surface area contributed by atoms with Crippen molar-refractivity contribution in [2.75, 3.05) is 20.8 Å². The molecule has 0 aliphatic rings. The van der Waals surface area contributed by atoms with Crippen LogP contribution in [0, 0.1) is 0 Å². The van der Waals surface area contributed by atoms with E-state index < -0.39 is 0 Å². The van der Waals surface area contributed by atoms with Crippen molar-refractivity contribution < 1.29 is 9.47 Å². The number of aliphatic imine (C=N–C) groups is 1. The topological polar surface area (TPSA) is 54.9 Å². The van der Waals surface area contributed by atoms with Gasteiger partial charge < -0.3 is 20.1 Å². The summed E-state index contributed by atoms with van der Waals surface area (Å²) in [6.07, 6.45) is 0. The lowest BCUT2D eigenvalue weighted by Crippen LogP contribution is -2.36. The Morgan fingerprint density at radius 2 is 1.69 bits per heavy atom. The maximum Gasteiger partial charge on any atom is 0.191 e. The predicted octanol–water partition coefficient (Wildman–Crippen LogP) is 3.71. The minimum absolute atomic E-state index is 0. The Kier molecular flexibility index (Phi) is 10.7. The fraction of sp³-hybridized carbons (Fsp3) is 0.350. The second-order valence-electron chi connectivity index (χ2n) is 5.65. The molecule has 6 heteroatoms. The molecule has 0 aliphatic carbocycles. The highest BCUT2D eigenvalue weighted by Gasteiger charge is 2.01. The van der Waals surface area contributed by atoms with Crippen molar-refractivity contribution >= 4 is 29.9 Å². The lowest BCUT2D eigenvalue weighted by molar-refractivity contribution is 0.185. The molecule has 0 fully saturated rings. The SMILES string of the molecule is CCNC(=NCc1cccc(COC)c1)NCc1cccc(OC)c1.I. The number of guanidine groups is 1. The average molecular weight is 469 g/mol. The molecule has 0 aromatic heterocycles. The smallest absolute Gasteiger partial charge is 0.191 e. The number of rotatable bonds is 8. The zero-order valence-corrected chi connectivity index (χ0v) is 17.9. The van der Waals surface area contributed by atoms with Crippen LogP contribution in [0.25, 0.3) is 0 Å². The first kappa shape index (κ1) is 22.2. The van der Waals surface area contributed by atoms with Gasteiger partial charge in [-0.2, -0.15) is 0 Å². The van der Waals surface area contributed by atoms with Crippen molar-refractivity contribution in [1.29, 1.82) is 0 Å². The number of nitrogens with one attached hydrogen (secondary N) is 2. The molecular weight excluding hydrogens is 441 g/mol. The summed E-state index contributed by atoms with van der Waals surface area (Å²) in [6, 6.07) is 16.3. The van der Waals surface area contributed by atoms with Gasteiger partial charge in [0, 0.05) is 20.2 Å². The third-order valence-electron chi connectivity index (χ3n) is 3.66. The molecule has 0 saturated carbocycles. The van der Waals surface area contributed by atoms with Gasteiger partial charge in [-0.05, 0) is 35.7 Å². The Morgan fingerprint density at radius 1 is 0.962 bits per heavy atom. The van der Waals surface area contributed by atoms with Gasteiger partial charge in [-0.1, -0.05) is 36.4 Å². The molecule has 2 rings (SSSR count). The minimum atomic E-state index is 0. The summed E-state index contributed by atoms with van der Waals surface area (Å²) in [5.74, 6) is 1.65. The van der Waals surface area contributed by atoms with Crippen LogP contribution >= 0.6 is 24.0 Å². The van der Waals surface area contributed by atoms with Gasteiger partial charge in [0.25, 0.3) is 0 Å². The fourth-order valence-corrected chi connectivity index (χ4v) is 2.46. The molecule has 0 spiro atoms. The summed E-state index contributed by atoms with van der Waals surface area (Å²) >= 11 is 0. The van der Waals surface area contributed by atoms with Gasteiger partial charge in [0.05, 0.1) is 20.3 Å². The molecule has 0 radical (unpaired) electrons. The molecule has 0 amide bonds. The number of halogens is 1. The molecule has 0 saturated heterocycles. The molecule has 142 valence electrons. The average Bonchev–Trinajstić information content (AvgIpc) is 2.65. The van der Waals surface area contributed by atoms with Crippen LogP contribution in [0.3, 0.4) is 0 Å². The molecule has 5 nitrogen and oxygen atoms in total. The molecule has 26 heavy (non-hydrogen) atoms. The minimum Gasteiger partial charge on any atom is -0.497 e. The summed E-state index contributed by atoms with van der Waals surface area (Å²) < 4.78 is 10.4. The Bertz CT molecular complexity index is 692. The largest absolute Gasteiger partial charge is 0.497 e. The van der Waals surface area contributed by atoms with Gasteiger partial charge in [-0.15, -0.1) is 24.0 Å². The quantitative estimate of drug-likeness (QED) is 0.352. The highest BCUT2D eigenvalue weighted by molar-refractivity contribution is 14.0. The van der Waals surface area contributed by atoms with Crippen LogP contribution in [0.5, 0.6) is 5.75 Å². The molecule has 0 atom stereocenters. The molecule has 0 heterocycles. The molecule has 2 N–H and O–H groups in total. The van der Waals surface area contributed by atoms with E-state index >= 15 is 0 Å². The first-order chi connectivity index (χ1) is 12.2. The van der Waals surface area contributed by atoms with E-state index in [2.05, 4.69) is 46.8 Å². The van der Waals surface area contributed by atoms with E-state index in [9.17, 15) is 0 Å². The van der Waals surface area contributed by atoms with E-state index in [4.69, 9.17) is 9.47 Å². The highest BCUT2D eigenvalue weighted by atomic mass is 127. The summed E-state index contributed by atoms with van der Waals surface area (Å²) in [7, 11) is 3.38. The summed E-state index contributed by atoms with van der Waals surface area (Å²) in [4.78, 5) is 4.66. The van der Waals surface area contributed by atoms with Gasteiger partial charge in [-0.25, -0.2) is 4.99 Å². The van der Waals surface area contributed by atoms with Crippen LogP contribution in [-0.2, 0) is 24.4 Å². The van der Waals surface area contributed by atoms with Crippen LogP contribution in [0.2, 0.25) is 0 Å². The van der Waals surface area contributed by atoms with Crippen LogP contribution in [0.1, 0.15) is 23.6 Å². The first-order valence-electron chi connectivity index (χ1n) is 8.47. The standard InChI is InChI=1S/C20H27N3O2.HI/c1-4-21-20(23-14-17-8-6-10-19(12-17)25-3)22-13-16-7-5-9-18(11-16)15-24-2;/h5-12H,4,13-15H2,1-3H3,(H2,21,22,23);1H. The Balaban J connectivity index is 0.00000338. The maximum absolute atomic E-state index is 5.26. The number of hydrogen-bond acceptors (Lipinski definition) is 3. The second-order valence-corrected chi connectivity index (χ2v) is 5.65. The van der Waals surface area contributed by atoms with Crippen molar-refractivity contribution in [3.05, 3.63) is 65.2 Å². The zero-order chi connectivity index (χ0) is 17.9. The van der Waals surface area contributed by atoms with Crippen molar-refractivity contribution in [2.24, 2.45) is 4.99 Å². The van der Waals surface area contributed by atoms with E-state index in [0.717, 1.165) is 34.9 Å². The predicted molar refractivity (Wildman–Crippen MR) is 117 cm³/mol. The fourth-order valence-electron chi connectivity index (χ4n) is 2.46. The third-order valence-corrected chi connectivity index (χ3v) is 3.66. The zero-order valence-electron chi connectivity index (χ0n) is 15.6. The molecular formula is C20H28IN3O2. The first-order valence-corrected chi connectivity index (χ1v) is 8.47. The number of nitrogens with zero attached hydrogens (tertiary/aromatic N) is 1. The van der Waals surface area contributed by atoms with Gasteiger partial charge in [0.15, 0.2) is 5.96 Å². The van der Waals surface area contributed by atoms with Crippen LogP contribution < -0.4 is 15.4 Å². The molecule has 2 aromatic carbocycles. The Morgan fingerprint density at radius 3 is 2.42 bits per heavy atom. The Labute approximate surface area is 173 Å². The van der Waals surface area contributed by atoms with Gasteiger partial charge >= 0.3 is 0 Å². The summed E-state index contributed by atoms with van der Waals surface area (Å²) in [5.41, 5.74) is 3.46. The van der Waals surface area contributed by atoms with E-state index in [-0.39, 0.29) is 24.0 Å². The monoisotopic (exact) mass is 469 g/mol. The van der Waals surface area contributed by atoms with Gasteiger partial charge in [-0.3, -0.25) is 0 Å². The molecule has 0 bridgehead atoms. The van der Waals surface area contributed by atoms with Crippen LogP contribution in [0.15, 0.2) is 53.5 Å². The van der Waals surface area contributed by atoms with Crippen LogP contribution in [-0.4, -0.2) is 26.7 Å². The van der Waals surface area contributed by atoms with Crippen molar-refractivity contribution in [3.63, 3.8) is 0 Å². The Hall–Kier alpha value is -1.80. The van der Waals surface area contributed by atoms with Crippen molar-refractivity contribution in [2.45, 2.75) is 26.6 Å². The maximum atomic E-state index is 5.26. The third kappa shape index (κ3) is 7.61.